The van der Waals surface area contributed by atoms with Crippen LogP contribution in [0.15, 0.2) is 30.5 Å². The van der Waals surface area contributed by atoms with Gasteiger partial charge in [0.05, 0.1) is 31.7 Å². The Hall–Kier alpha value is -2.45. The monoisotopic (exact) mass is 357 g/mol. The van der Waals surface area contributed by atoms with E-state index in [9.17, 15) is 0 Å². The van der Waals surface area contributed by atoms with E-state index in [0.717, 1.165) is 43.2 Å². The van der Waals surface area contributed by atoms with E-state index in [1.807, 2.05) is 31.2 Å². The number of hydrogen-bond donors (Lipinski definition) is 1. The maximum atomic E-state index is 5.78. The number of hydrogen-bond acceptors (Lipinski definition) is 8. The fraction of sp³-hybridized carbons (Fsp3) is 0.500. The first-order valence-electron chi connectivity index (χ1n) is 8.99. The van der Waals surface area contributed by atoms with Crippen molar-refractivity contribution in [1.82, 2.24) is 15.2 Å². The Balaban J connectivity index is 1.46. The van der Waals surface area contributed by atoms with Crippen LogP contribution in [-0.4, -0.2) is 53.9 Å². The molecule has 0 amide bonds. The summed E-state index contributed by atoms with van der Waals surface area (Å²) in [4.78, 5) is 6.80. The first-order chi connectivity index (χ1) is 12.8. The Morgan fingerprint density at radius 3 is 2.73 bits per heavy atom. The third-order valence-electron chi connectivity index (χ3n) is 4.64. The van der Waals surface area contributed by atoms with E-state index >= 15 is 0 Å². The second-order valence-electron chi connectivity index (χ2n) is 6.29. The van der Waals surface area contributed by atoms with Crippen LogP contribution in [0.3, 0.4) is 0 Å². The van der Waals surface area contributed by atoms with Crippen LogP contribution in [-0.2, 0) is 9.47 Å². The highest BCUT2D eigenvalue weighted by atomic mass is 16.7. The normalized spacial score (nSPS) is 18.9. The molecule has 2 aromatic rings. The zero-order valence-electron chi connectivity index (χ0n) is 14.9. The summed E-state index contributed by atoms with van der Waals surface area (Å²) >= 11 is 0. The van der Waals surface area contributed by atoms with Gasteiger partial charge in [-0.2, -0.15) is 10.1 Å². The molecule has 2 aliphatic rings. The van der Waals surface area contributed by atoms with Crippen LogP contribution in [0.4, 0.5) is 17.5 Å². The van der Waals surface area contributed by atoms with Crippen molar-refractivity contribution >= 4 is 17.5 Å². The zero-order chi connectivity index (χ0) is 17.8. The van der Waals surface area contributed by atoms with Gasteiger partial charge >= 0.3 is 0 Å². The lowest BCUT2D eigenvalue weighted by Crippen LogP contribution is -2.45. The quantitative estimate of drug-likeness (QED) is 0.873. The molecule has 2 saturated heterocycles. The van der Waals surface area contributed by atoms with Crippen LogP contribution in [0, 0.1) is 0 Å². The largest absolute Gasteiger partial charge is 0.492 e. The molecule has 1 spiro atoms. The summed E-state index contributed by atoms with van der Waals surface area (Å²) in [7, 11) is 0. The molecule has 0 unspecified atom stereocenters. The molecule has 2 aliphatic heterocycles. The maximum Gasteiger partial charge on any atom is 0.249 e. The fourth-order valence-electron chi connectivity index (χ4n) is 3.33. The van der Waals surface area contributed by atoms with Crippen LogP contribution >= 0.6 is 0 Å². The molecule has 8 nitrogen and oxygen atoms in total. The lowest BCUT2D eigenvalue weighted by molar-refractivity contribution is -0.169. The van der Waals surface area contributed by atoms with Crippen LogP contribution in [0.5, 0.6) is 5.75 Å². The number of rotatable bonds is 5. The third-order valence-corrected chi connectivity index (χ3v) is 4.64. The summed E-state index contributed by atoms with van der Waals surface area (Å²) in [5.74, 6) is 1.61. The Labute approximate surface area is 152 Å². The molecule has 3 heterocycles. The number of para-hydroxylation sites is 2. The number of nitrogens with zero attached hydrogens (tertiary/aromatic N) is 4. The zero-order valence-corrected chi connectivity index (χ0v) is 14.9. The van der Waals surface area contributed by atoms with Gasteiger partial charge in [0.1, 0.15) is 5.75 Å². The average molecular weight is 357 g/mol. The molecule has 1 N–H and O–H groups in total. The summed E-state index contributed by atoms with van der Waals surface area (Å²) < 4.78 is 17.2. The van der Waals surface area contributed by atoms with E-state index in [0.29, 0.717) is 25.8 Å². The molecule has 4 rings (SSSR count). The second kappa shape index (κ2) is 7.43. The van der Waals surface area contributed by atoms with Gasteiger partial charge < -0.3 is 24.4 Å². The van der Waals surface area contributed by atoms with Crippen molar-refractivity contribution in [2.75, 3.05) is 43.1 Å². The number of nitrogens with one attached hydrogen (secondary N) is 1. The van der Waals surface area contributed by atoms with Gasteiger partial charge in [-0.25, -0.2) is 0 Å². The van der Waals surface area contributed by atoms with Crippen molar-refractivity contribution in [3.8, 4) is 5.75 Å². The van der Waals surface area contributed by atoms with Gasteiger partial charge in [0, 0.05) is 25.9 Å². The summed E-state index contributed by atoms with van der Waals surface area (Å²) in [6.07, 6.45) is 3.34. The molecule has 2 fully saturated rings. The lowest BCUT2D eigenvalue weighted by Gasteiger charge is -2.37. The van der Waals surface area contributed by atoms with Crippen LogP contribution in [0.1, 0.15) is 19.8 Å². The highest BCUT2D eigenvalue weighted by molar-refractivity contribution is 5.62. The molecular weight excluding hydrogens is 334 g/mol. The second-order valence-corrected chi connectivity index (χ2v) is 6.29. The predicted molar refractivity (Wildman–Crippen MR) is 96.8 cm³/mol. The molecular formula is C18H23N5O3. The molecule has 0 radical (unpaired) electrons. The van der Waals surface area contributed by atoms with Gasteiger partial charge in [0.25, 0.3) is 0 Å². The Morgan fingerprint density at radius 2 is 1.96 bits per heavy atom. The number of anilines is 3. The highest BCUT2D eigenvalue weighted by Crippen LogP contribution is 2.33. The first kappa shape index (κ1) is 17.0. The Morgan fingerprint density at radius 1 is 1.19 bits per heavy atom. The Bertz CT molecular complexity index is 741. The van der Waals surface area contributed by atoms with Gasteiger partial charge in [-0.1, -0.05) is 12.1 Å². The minimum Gasteiger partial charge on any atom is -0.492 e. The summed E-state index contributed by atoms with van der Waals surface area (Å²) in [5.41, 5.74) is 0.818. The number of ether oxygens (including phenoxy) is 3. The summed E-state index contributed by atoms with van der Waals surface area (Å²) in [5, 5.41) is 11.4. The molecule has 0 aliphatic carbocycles. The third kappa shape index (κ3) is 3.56. The summed E-state index contributed by atoms with van der Waals surface area (Å²) in [6.45, 7) is 5.54. The maximum absolute atomic E-state index is 5.78. The number of piperidine rings is 1. The van der Waals surface area contributed by atoms with E-state index in [4.69, 9.17) is 14.2 Å². The van der Waals surface area contributed by atoms with Crippen molar-refractivity contribution in [2.24, 2.45) is 0 Å². The van der Waals surface area contributed by atoms with Gasteiger partial charge in [0.2, 0.25) is 5.95 Å². The average Bonchev–Trinajstić information content (AvgIpc) is 3.12. The molecule has 8 heteroatoms. The predicted octanol–water partition coefficient (Wildman–Crippen LogP) is 2.36. The molecule has 138 valence electrons. The van der Waals surface area contributed by atoms with Gasteiger partial charge in [0.15, 0.2) is 11.6 Å². The molecule has 1 aromatic heterocycles. The van der Waals surface area contributed by atoms with Crippen molar-refractivity contribution in [2.45, 2.75) is 25.6 Å². The van der Waals surface area contributed by atoms with E-state index in [-0.39, 0.29) is 0 Å². The van der Waals surface area contributed by atoms with Gasteiger partial charge in [-0.15, -0.1) is 5.10 Å². The van der Waals surface area contributed by atoms with Crippen molar-refractivity contribution in [3.63, 3.8) is 0 Å². The van der Waals surface area contributed by atoms with E-state index in [2.05, 4.69) is 25.4 Å². The molecule has 0 atom stereocenters. The minimum absolute atomic E-state index is 0.394. The van der Waals surface area contributed by atoms with Crippen LogP contribution in [0.2, 0.25) is 0 Å². The van der Waals surface area contributed by atoms with Gasteiger partial charge in [-0.3, -0.25) is 0 Å². The Kier molecular flexibility index (Phi) is 4.85. The van der Waals surface area contributed by atoms with E-state index in [1.165, 1.54) is 0 Å². The molecule has 26 heavy (non-hydrogen) atoms. The van der Waals surface area contributed by atoms with E-state index in [1.54, 1.807) is 6.20 Å². The molecule has 0 bridgehead atoms. The first-order valence-corrected chi connectivity index (χ1v) is 8.99. The van der Waals surface area contributed by atoms with Crippen molar-refractivity contribution in [3.05, 3.63) is 30.5 Å². The smallest absolute Gasteiger partial charge is 0.249 e. The standard InChI is InChI=1S/C18H23N5O3/c1-2-24-15-6-4-3-5-14(15)20-17-21-16(13-19-22-17)23-9-7-18(8-10-23)25-11-12-26-18/h3-6,13H,2,7-12H2,1H3,(H,20,21,22). The lowest BCUT2D eigenvalue weighted by atomic mass is 10.0. The molecule has 0 saturated carbocycles. The molecule has 1 aromatic carbocycles. The van der Waals surface area contributed by atoms with Crippen molar-refractivity contribution in [1.29, 1.82) is 0 Å². The fourth-order valence-corrected chi connectivity index (χ4v) is 3.33. The van der Waals surface area contributed by atoms with Crippen molar-refractivity contribution < 1.29 is 14.2 Å². The van der Waals surface area contributed by atoms with Crippen LogP contribution in [0.25, 0.3) is 0 Å². The highest BCUT2D eigenvalue weighted by Gasteiger charge is 2.40. The van der Waals surface area contributed by atoms with Gasteiger partial charge in [-0.05, 0) is 19.1 Å². The topological polar surface area (TPSA) is 81.6 Å². The van der Waals surface area contributed by atoms with Crippen LogP contribution < -0.4 is 15.0 Å². The number of aromatic nitrogens is 3. The minimum atomic E-state index is -0.394. The number of benzene rings is 1. The SMILES string of the molecule is CCOc1ccccc1Nc1nncc(N2CCC3(CC2)OCCO3)n1. The van der Waals surface area contributed by atoms with E-state index < -0.39 is 5.79 Å². The summed E-state index contributed by atoms with van der Waals surface area (Å²) in [6, 6.07) is 7.71.